The first-order valence-electron chi connectivity index (χ1n) is 8.52. The summed E-state index contributed by atoms with van der Waals surface area (Å²) in [7, 11) is 0. The van der Waals surface area contributed by atoms with Crippen LogP contribution in [0.25, 0.3) is 10.8 Å². The Morgan fingerprint density at radius 2 is 2.00 bits per heavy atom. The Hall–Kier alpha value is -3.01. The summed E-state index contributed by atoms with van der Waals surface area (Å²) in [5, 5.41) is 1.99. The van der Waals surface area contributed by atoms with E-state index >= 15 is 0 Å². The van der Waals surface area contributed by atoms with E-state index in [4.69, 9.17) is 0 Å². The minimum absolute atomic E-state index is 0.0368. The van der Waals surface area contributed by atoms with E-state index in [-0.39, 0.29) is 11.6 Å². The highest BCUT2D eigenvalue weighted by molar-refractivity contribution is 6.13. The van der Waals surface area contributed by atoms with Gasteiger partial charge in [-0.2, -0.15) is 0 Å². The lowest BCUT2D eigenvalue weighted by Crippen LogP contribution is -2.00. The summed E-state index contributed by atoms with van der Waals surface area (Å²) in [5.41, 5.74) is 2.36. The zero-order chi connectivity index (χ0) is 18.4. The van der Waals surface area contributed by atoms with Crippen LogP contribution in [0.3, 0.4) is 0 Å². The maximum absolute atomic E-state index is 13.1. The largest absolute Gasteiger partial charge is 0.482 e. The molecule has 1 heterocycles. The predicted octanol–water partition coefficient (Wildman–Crippen LogP) is 5.20. The van der Waals surface area contributed by atoms with E-state index in [9.17, 15) is 9.18 Å². The zero-order valence-electron chi connectivity index (χ0n) is 14.6. The topological polar surface area (TPSA) is 38.7 Å². The lowest BCUT2D eigenvalue weighted by Gasteiger charge is -2.10. The van der Waals surface area contributed by atoms with Crippen LogP contribution in [0.4, 0.5) is 4.39 Å². The second-order valence-corrected chi connectivity index (χ2v) is 6.06. The summed E-state index contributed by atoms with van der Waals surface area (Å²) >= 11 is 0. The minimum atomic E-state index is -0.234. The van der Waals surface area contributed by atoms with Gasteiger partial charge in [0.1, 0.15) is 12.4 Å². The third-order valence-corrected chi connectivity index (χ3v) is 4.23. The molecule has 0 bridgehead atoms. The Morgan fingerprint density at radius 3 is 2.69 bits per heavy atom. The van der Waals surface area contributed by atoms with Crippen LogP contribution in [0.5, 0.6) is 0 Å². The smallest absolute Gasteiger partial charge is 0.186 e. The molecule has 0 atom stereocenters. The summed E-state index contributed by atoms with van der Waals surface area (Å²) in [6.45, 7) is 3.45. The van der Waals surface area contributed by atoms with Gasteiger partial charge in [-0.1, -0.05) is 42.5 Å². The van der Waals surface area contributed by atoms with E-state index in [0.29, 0.717) is 12.0 Å². The highest BCUT2D eigenvalue weighted by atomic mass is 19.1. The van der Waals surface area contributed by atoms with Crippen molar-refractivity contribution in [3.8, 4) is 0 Å². The molecule has 0 amide bonds. The molecule has 3 nitrogen and oxygen atoms in total. The second-order valence-electron chi connectivity index (χ2n) is 6.06. The first-order chi connectivity index (χ1) is 12.6. The highest BCUT2D eigenvalue weighted by Gasteiger charge is 2.12. The van der Waals surface area contributed by atoms with Crippen LogP contribution >= 0.6 is 0 Å². The molecule has 2 aliphatic rings. The summed E-state index contributed by atoms with van der Waals surface area (Å²) in [6.07, 6.45) is 6.53. The van der Waals surface area contributed by atoms with Crippen LogP contribution in [-0.2, 0) is 4.74 Å². The molecule has 0 spiro atoms. The van der Waals surface area contributed by atoms with Crippen LogP contribution in [0, 0.1) is 0 Å². The SMILES string of the molecule is C1=NCCO1.CC1=CC(F)=CCC1=CC(=O)c1cccc2ccccc12. The predicted molar refractivity (Wildman–Crippen MR) is 103 cm³/mol. The Labute approximate surface area is 152 Å². The number of halogens is 1. The summed E-state index contributed by atoms with van der Waals surface area (Å²) in [6, 6.07) is 13.5. The summed E-state index contributed by atoms with van der Waals surface area (Å²) in [5.74, 6) is -0.271. The molecule has 1 aliphatic carbocycles. The Bertz CT molecular complexity index is 927. The zero-order valence-corrected chi connectivity index (χ0v) is 14.6. The molecule has 0 radical (unpaired) electrons. The van der Waals surface area contributed by atoms with Crippen LogP contribution < -0.4 is 0 Å². The number of hydrogen-bond donors (Lipinski definition) is 0. The number of carbonyl (C=O) groups excluding carboxylic acids is 1. The van der Waals surface area contributed by atoms with E-state index in [0.717, 1.165) is 35.1 Å². The van der Waals surface area contributed by atoms with Gasteiger partial charge in [0.2, 0.25) is 0 Å². The van der Waals surface area contributed by atoms with Gasteiger partial charge in [-0.25, -0.2) is 4.39 Å². The number of rotatable bonds is 2. The molecule has 4 heteroatoms. The maximum atomic E-state index is 13.1. The van der Waals surface area contributed by atoms with Crippen LogP contribution in [0.15, 0.2) is 82.7 Å². The number of carbonyl (C=O) groups is 1. The molecule has 2 aromatic carbocycles. The fourth-order valence-corrected chi connectivity index (χ4v) is 2.84. The molecule has 132 valence electrons. The van der Waals surface area contributed by atoms with Gasteiger partial charge < -0.3 is 4.74 Å². The van der Waals surface area contributed by atoms with Crippen LogP contribution in [0.1, 0.15) is 23.7 Å². The number of aliphatic imine (C=N–C) groups is 1. The number of fused-ring (bicyclic) bond motifs is 1. The molecule has 0 aromatic heterocycles. The molecule has 0 fully saturated rings. The van der Waals surface area contributed by atoms with E-state index in [1.807, 2.05) is 49.4 Å². The molecule has 0 saturated carbocycles. The minimum Gasteiger partial charge on any atom is -0.482 e. The molecule has 0 N–H and O–H groups in total. The summed E-state index contributed by atoms with van der Waals surface area (Å²) < 4.78 is 17.8. The first kappa shape index (κ1) is 17.8. The third kappa shape index (κ3) is 4.33. The number of ether oxygens (including phenoxy) is 1. The Balaban J connectivity index is 0.000000339. The van der Waals surface area contributed by atoms with Gasteiger partial charge in [0.25, 0.3) is 0 Å². The van der Waals surface area contributed by atoms with Crippen molar-refractivity contribution in [2.45, 2.75) is 13.3 Å². The lowest BCUT2D eigenvalue weighted by molar-refractivity contribution is 0.104. The molecule has 2 aromatic rings. The van der Waals surface area contributed by atoms with Crippen molar-refractivity contribution in [1.29, 1.82) is 0 Å². The number of benzene rings is 2. The Morgan fingerprint density at radius 1 is 1.19 bits per heavy atom. The molecule has 0 saturated heterocycles. The van der Waals surface area contributed by atoms with Crippen LogP contribution in [0.2, 0.25) is 0 Å². The average Bonchev–Trinajstić information content (AvgIpc) is 3.23. The normalized spacial score (nSPS) is 17.2. The van der Waals surface area contributed by atoms with Crippen molar-refractivity contribution >= 4 is 23.0 Å². The fraction of sp³-hybridized carbons (Fsp3) is 0.182. The molecule has 26 heavy (non-hydrogen) atoms. The number of nitrogens with zero attached hydrogens (tertiary/aromatic N) is 1. The standard InChI is InChI=1S/C19H15FO.C3H5NO/c1-13-11-16(20)10-9-15(13)12-19(21)18-8-4-6-14-5-2-3-7-17(14)18;1-2-5-3-4-1/h2-8,10-12H,9H2,1H3;3H,1-2H2. The monoisotopic (exact) mass is 349 g/mol. The van der Waals surface area contributed by atoms with Crippen molar-refractivity contribution in [1.82, 2.24) is 0 Å². The second kappa shape index (κ2) is 8.39. The van der Waals surface area contributed by atoms with E-state index < -0.39 is 0 Å². The molecular weight excluding hydrogens is 329 g/mol. The van der Waals surface area contributed by atoms with Crippen molar-refractivity contribution in [3.63, 3.8) is 0 Å². The molecule has 0 unspecified atom stereocenters. The number of allylic oxidation sites excluding steroid dienone is 6. The molecular formula is C22H20FNO2. The van der Waals surface area contributed by atoms with Gasteiger partial charge in [0, 0.05) is 5.56 Å². The van der Waals surface area contributed by atoms with Crippen molar-refractivity contribution in [2.24, 2.45) is 4.99 Å². The van der Waals surface area contributed by atoms with Crippen molar-refractivity contribution in [2.75, 3.05) is 13.2 Å². The van der Waals surface area contributed by atoms with Gasteiger partial charge in [0.15, 0.2) is 12.2 Å². The Kier molecular flexibility index (Phi) is 5.74. The average molecular weight is 349 g/mol. The van der Waals surface area contributed by atoms with Gasteiger partial charge >= 0.3 is 0 Å². The van der Waals surface area contributed by atoms with Crippen molar-refractivity contribution < 1.29 is 13.9 Å². The highest BCUT2D eigenvalue weighted by Crippen LogP contribution is 2.25. The fourth-order valence-electron chi connectivity index (χ4n) is 2.84. The van der Waals surface area contributed by atoms with Crippen LogP contribution in [-0.4, -0.2) is 25.3 Å². The molecule has 1 aliphatic heterocycles. The quantitative estimate of drug-likeness (QED) is 0.552. The first-order valence-corrected chi connectivity index (χ1v) is 8.52. The van der Waals surface area contributed by atoms with Gasteiger partial charge in [0.05, 0.1) is 6.54 Å². The van der Waals surface area contributed by atoms with Crippen molar-refractivity contribution in [3.05, 3.63) is 83.2 Å². The third-order valence-electron chi connectivity index (χ3n) is 4.23. The van der Waals surface area contributed by atoms with E-state index in [1.54, 1.807) is 6.08 Å². The molecule has 4 rings (SSSR count). The van der Waals surface area contributed by atoms with Gasteiger partial charge in [-0.05, 0) is 53.5 Å². The maximum Gasteiger partial charge on any atom is 0.186 e. The van der Waals surface area contributed by atoms with Gasteiger partial charge in [-0.3, -0.25) is 9.79 Å². The van der Waals surface area contributed by atoms with Gasteiger partial charge in [-0.15, -0.1) is 0 Å². The number of ketones is 1. The number of hydrogen-bond acceptors (Lipinski definition) is 3. The van der Waals surface area contributed by atoms with E-state index in [2.05, 4.69) is 9.73 Å². The summed E-state index contributed by atoms with van der Waals surface area (Å²) in [4.78, 5) is 16.3. The lowest BCUT2D eigenvalue weighted by atomic mass is 9.95. The van der Waals surface area contributed by atoms with E-state index in [1.165, 1.54) is 18.6 Å².